The van der Waals surface area contributed by atoms with Gasteiger partial charge in [0.05, 0.1) is 24.0 Å². The molecule has 10 heteroatoms. The average Bonchev–Trinajstić information content (AvgIpc) is 3.36. The van der Waals surface area contributed by atoms with Gasteiger partial charge in [-0.3, -0.25) is 9.59 Å². The Labute approximate surface area is 163 Å². The summed E-state index contributed by atoms with van der Waals surface area (Å²) in [5, 5.41) is 6.83. The summed E-state index contributed by atoms with van der Waals surface area (Å²) < 4.78 is 42.3. The summed E-state index contributed by atoms with van der Waals surface area (Å²) in [4.78, 5) is 26.1. The third kappa shape index (κ3) is 3.60. The molecule has 0 atom stereocenters. The molecule has 1 N–H and O–H groups in total. The van der Waals surface area contributed by atoms with E-state index in [1.807, 2.05) is 0 Å². The minimum absolute atomic E-state index is 0.0846. The van der Waals surface area contributed by atoms with E-state index in [9.17, 15) is 22.8 Å². The molecule has 1 aromatic carbocycles. The topological polar surface area (TPSA) is 72.2 Å². The molecule has 2 amide bonds. The minimum Gasteiger partial charge on any atom is -0.353 e. The van der Waals surface area contributed by atoms with Gasteiger partial charge in [0.25, 0.3) is 5.91 Å². The maximum Gasteiger partial charge on any atom is 0.416 e. The summed E-state index contributed by atoms with van der Waals surface area (Å²) >= 11 is 0. The molecule has 3 aromatic rings. The van der Waals surface area contributed by atoms with Crippen LogP contribution in [-0.2, 0) is 11.0 Å². The van der Waals surface area contributed by atoms with Crippen LogP contribution in [0.4, 0.5) is 13.2 Å². The van der Waals surface area contributed by atoms with Crippen molar-refractivity contribution in [1.82, 2.24) is 24.6 Å². The zero-order valence-corrected chi connectivity index (χ0v) is 15.1. The van der Waals surface area contributed by atoms with E-state index in [1.54, 1.807) is 29.1 Å². The van der Waals surface area contributed by atoms with Crippen LogP contribution in [0.5, 0.6) is 0 Å². The number of hydrogen-bond acceptors (Lipinski definition) is 3. The van der Waals surface area contributed by atoms with Gasteiger partial charge in [-0.15, -0.1) is 0 Å². The van der Waals surface area contributed by atoms with E-state index in [0.717, 1.165) is 12.1 Å². The predicted octanol–water partition coefficient (Wildman–Crippen LogP) is 2.25. The Morgan fingerprint density at radius 3 is 2.59 bits per heavy atom. The molecule has 0 bridgehead atoms. The highest BCUT2D eigenvalue weighted by Gasteiger charge is 2.32. The molecule has 3 heterocycles. The van der Waals surface area contributed by atoms with Crippen LogP contribution in [0.3, 0.4) is 0 Å². The maximum absolute atomic E-state index is 13.1. The Kier molecular flexibility index (Phi) is 4.61. The smallest absolute Gasteiger partial charge is 0.353 e. The summed E-state index contributed by atoms with van der Waals surface area (Å²) in [5.74, 6) is -0.385. The third-order valence-corrected chi connectivity index (χ3v) is 4.57. The highest BCUT2D eigenvalue weighted by atomic mass is 19.4. The van der Waals surface area contributed by atoms with Gasteiger partial charge in [-0.25, -0.2) is 4.68 Å². The van der Waals surface area contributed by atoms with E-state index >= 15 is 0 Å². The first-order valence-corrected chi connectivity index (χ1v) is 8.79. The van der Waals surface area contributed by atoms with Crippen molar-refractivity contribution in [3.8, 4) is 11.5 Å². The minimum atomic E-state index is -4.50. The number of benzene rings is 1. The number of carbonyl (C=O) groups excluding carboxylic acids is 2. The van der Waals surface area contributed by atoms with Crippen LogP contribution < -0.4 is 5.32 Å². The fraction of sp³-hybridized carbons (Fsp3) is 0.211. The largest absolute Gasteiger partial charge is 0.416 e. The number of hydrogen-bond donors (Lipinski definition) is 1. The number of alkyl halides is 3. The number of carbonyl (C=O) groups is 2. The molecular formula is C19H16F3N5O2. The fourth-order valence-corrected chi connectivity index (χ4v) is 3.20. The fourth-order valence-electron chi connectivity index (χ4n) is 3.20. The van der Waals surface area contributed by atoms with Crippen molar-refractivity contribution in [3.05, 3.63) is 66.1 Å². The van der Waals surface area contributed by atoms with Gasteiger partial charge < -0.3 is 14.8 Å². The lowest BCUT2D eigenvalue weighted by Crippen LogP contribution is -2.50. The molecule has 2 aromatic heterocycles. The molecule has 1 fully saturated rings. The van der Waals surface area contributed by atoms with Crippen LogP contribution in [0, 0.1) is 0 Å². The van der Waals surface area contributed by atoms with Gasteiger partial charge in [0, 0.05) is 25.5 Å². The first-order valence-electron chi connectivity index (χ1n) is 8.79. The maximum atomic E-state index is 13.1. The highest BCUT2D eigenvalue weighted by molar-refractivity contribution is 5.99. The van der Waals surface area contributed by atoms with Gasteiger partial charge in [0.1, 0.15) is 5.56 Å². The van der Waals surface area contributed by atoms with Crippen molar-refractivity contribution in [2.75, 3.05) is 19.6 Å². The Balaban J connectivity index is 1.81. The summed E-state index contributed by atoms with van der Waals surface area (Å²) in [5.41, 5.74) is -0.461. The van der Waals surface area contributed by atoms with Crippen LogP contribution >= 0.6 is 0 Å². The molecule has 0 spiro atoms. The van der Waals surface area contributed by atoms with Crippen molar-refractivity contribution in [2.24, 2.45) is 0 Å². The Bertz CT molecular complexity index is 1060. The van der Waals surface area contributed by atoms with E-state index in [1.165, 1.54) is 27.9 Å². The van der Waals surface area contributed by atoms with Crippen molar-refractivity contribution in [1.29, 1.82) is 0 Å². The van der Waals surface area contributed by atoms with Crippen molar-refractivity contribution < 1.29 is 22.8 Å². The summed E-state index contributed by atoms with van der Waals surface area (Å²) in [7, 11) is 0. The van der Waals surface area contributed by atoms with Crippen LogP contribution in [0.15, 0.2) is 55.0 Å². The second-order valence-electron chi connectivity index (χ2n) is 6.51. The molecule has 150 valence electrons. The van der Waals surface area contributed by atoms with E-state index in [4.69, 9.17) is 0 Å². The third-order valence-electron chi connectivity index (χ3n) is 4.57. The van der Waals surface area contributed by atoms with Crippen molar-refractivity contribution in [3.63, 3.8) is 0 Å². The normalized spacial score (nSPS) is 14.7. The molecule has 0 unspecified atom stereocenters. The number of halogens is 3. The van der Waals surface area contributed by atoms with Gasteiger partial charge in [-0.05, 0) is 30.3 Å². The lowest BCUT2D eigenvalue weighted by Gasteiger charge is -2.26. The van der Waals surface area contributed by atoms with E-state index < -0.39 is 17.6 Å². The molecule has 0 saturated carbocycles. The van der Waals surface area contributed by atoms with E-state index in [2.05, 4.69) is 10.4 Å². The van der Waals surface area contributed by atoms with Crippen LogP contribution in [0.25, 0.3) is 11.5 Å². The highest BCUT2D eigenvalue weighted by Crippen LogP contribution is 2.31. The summed E-state index contributed by atoms with van der Waals surface area (Å²) in [6.07, 6.45) is 0.142. The number of rotatable bonds is 3. The number of piperazine rings is 1. The Hall–Kier alpha value is -3.56. The van der Waals surface area contributed by atoms with Crippen LogP contribution in [0.2, 0.25) is 0 Å². The molecule has 29 heavy (non-hydrogen) atoms. The van der Waals surface area contributed by atoms with Gasteiger partial charge in [0.2, 0.25) is 5.91 Å². The first-order chi connectivity index (χ1) is 13.8. The van der Waals surface area contributed by atoms with Crippen LogP contribution in [-0.4, -0.2) is 50.7 Å². The Morgan fingerprint density at radius 1 is 1.14 bits per heavy atom. The zero-order valence-electron chi connectivity index (χ0n) is 15.1. The average molecular weight is 403 g/mol. The molecule has 1 saturated heterocycles. The second kappa shape index (κ2) is 7.12. The molecule has 0 radical (unpaired) electrons. The van der Waals surface area contributed by atoms with Gasteiger partial charge in [0.15, 0.2) is 5.82 Å². The number of nitrogens with one attached hydrogen (secondary N) is 1. The standard InChI is InChI=1S/C19H16F3N5O2/c20-19(21,22)13-4-3-5-14(10-13)27-17(25-7-1-2-8-25)15(11-24-27)18(29)26-9-6-23-16(28)12-26/h1-5,7-8,10-11H,6,9,12H2,(H,23,28). The number of amides is 2. The lowest BCUT2D eigenvalue weighted by atomic mass is 10.2. The van der Waals surface area contributed by atoms with Crippen molar-refractivity contribution >= 4 is 11.8 Å². The van der Waals surface area contributed by atoms with E-state index in [0.29, 0.717) is 18.9 Å². The van der Waals surface area contributed by atoms with Crippen LogP contribution in [0.1, 0.15) is 15.9 Å². The first kappa shape index (κ1) is 18.8. The molecule has 1 aliphatic rings. The molecule has 1 aliphatic heterocycles. The summed E-state index contributed by atoms with van der Waals surface area (Å²) in [6, 6.07) is 8.18. The van der Waals surface area contributed by atoms with Crippen molar-refractivity contribution in [2.45, 2.75) is 6.18 Å². The molecule has 7 nitrogen and oxygen atoms in total. The quantitative estimate of drug-likeness (QED) is 0.729. The second-order valence-corrected chi connectivity index (χ2v) is 6.51. The molecular weight excluding hydrogens is 387 g/mol. The number of aromatic nitrogens is 3. The SMILES string of the molecule is O=C1CN(C(=O)c2cnn(-c3cccc(C(F)(F)F)c3)c2-n2cccc2)CCN1. The Morgan fingerprint density at radius 2 is 1.90 bits per heavy atom. The molecule has 0 aliphatic carbocycles. The van der Waals surface area contributed by atoms with Gasteiger partial charge in [-0.2, -0.15) is 18.3 Å². The summed E-state index contributed by atoms with van der Waals surface area (Å²) in [6.45, 7) is 0.592. The van der Waals surface area contributed by atoms with Gasteiger partial charge in [-0.1, -0.05) is 6.07 Å². The van der Waals surface area contributed by atoms with E-state index in [-0.39, 0.29) is 23.7 Å². The monoisotopic (exact) mass is 403 g/mol. The van der Waals surface area contributed by atoms with Gasteiger partial charge >= 0.3 is 6.18 Å². The zero-order chi connectivity index (χ0) is 20.6. The molecule has 4 rings (SSSR count). The lowest BCUT2D eigenvalue weighted by molar-refractivity contribution is -0.137. The number of nitrogens with zero attached hydrogens (tertiary/aromatic N) is 4. The predicted molar refractivity (Wildman–Crippen MR) is 96.8 cm³/mol.